The van der Waals surface area contributed by atoms with Crippen molar-refractivity contribution in [2.75, 3.05) is 6.54 Å². The van der Waals surface area contributed by atoms with Crippen LogP contribution in [0.4, 0.5) is 0 Å². The highest BCUT2D eigenvalue weighted by molar-refractivity contribution is 7.89. The Morgan fingerprint density at radius 1 is 1.42 bits per heavy atom. The molecule has 0 radical (unpaired) electrons. The lowest BCUT2D eigenvalue weighted by Crippen LogP contribution is -2.38. The summed E-state index contributed by atoms with van der Waals surface area (Å²) in [5.41, 5.74) is 0.876. The summed E-state index contributed by atoms with van der Waals surface area (Å²) < 4.78 is 25.1. The van der Waals surface area contributed by atoms with Crippen LogP contribution in [-0.4, -0.2) is 41.6 Å². The van der Waals surface area contributed by atoms with E-state index >= 15 is 0 Å². The van der Waals surface area contributed by atoms with Gasteiger partial charge in [-0.3, -0.25) is 9.48 Å². The van der Waals surface area contributed by atoms with Crippen LogP contribution in [0.3, 0.4) is 0 Å². The van der Waals surface area contributed by atoms with Gasteiger partial charge in [0.1, 0.15) is 0 Å². The summed E-state index contributed by atoms with van der Waals surface area (Å²) in [4.78, 5) is 14.6. The van der Waals surface area contributed by atoms with Crippen molar-refractivity contribution in [2.24, 2.45) is 5.14 Å². The van der Waals surface area contributed by atoms with Gasteiger partial charge in [0.2, 0.25) is 10.0 Å². The molecule has 1 aromatic heterocycles. The van der Waals surface area contributed by atoms with Gasteiger partial charge in [0, 0.05) is 24.5 Å². The van der Waals surface area contributed by atoms with Gasteiger partial charge in [-0.25, -0.2) is 13.6 Å². The molecular formula is C16H20N4O3S. The average molecular weight is 348 g/mol. The molecule has 1 amide bonds. The predicted octanol–water partition coefficient (Wildman–Crippen LogP) is 1.14. The molecule has 1 aliphatic heterocycles. The SMILES string of the molecule is Cc1ccc(C(=O)N2CCC[C@@H]2Cn2cccn2)cc1S(N)(=O)=O. The summed E-state index contributed by atoms with van der Waals surface area (Å²) in [5.74, 6) is -0.172. The molecule has 0 unspecified atom stereocenters. The molecule has 2 N–H and O–H groups in total. The molecule has 0 bridgehead atoms. The summed E-state index contributed by atoms with van der Waals surface area (Å²) >= 11 is 0. The van der Waals surface area contributed by atoms with Gasteiger partial charge in [-0.05, 0) is 43.5 Å². The predicted molar refractivity (Wildman–Crippen MR) is 88.8 cm³/mol. The van der Waals surface area contributed by atoms with Gasteiger partial charge >= 0.3 is 0 Å². The smallest absolute Gasteiger partial charge is 0.254 e. The van der Waals surface area contributed by atoms with E-state index in [0.29, 0.717) is 24.2 Å². The first-order valence-corrected chi connectivity index (χ1v) is 9.33. The first-order chi connectivity index (χ1) is 11.4. The van der Waals surface area contributed by atoms with Crippen molar-refractivity contribution in [3.8, 4) is 0 Å². The molecule has 1 fully saturated rings. The van der Waals surface area contributed by atoms with Crippen LogP contribution in [0, 0.1) is 6.92 Å². The first kappa shape index (κ1) is 16.7. The Kier molecular flexibility index (Phi) is 4.42. The van der Waals surface area contributed by atoms with Crippen molar-refractivity contribution in [3.63, 3.8) is 0 Å². The fraction of sp³-hybridized carbons (Fsp3) is 0.375. The minimum absolute atomic E-state index is 0.00354. The maximum atomic E-state index is 12.8. The minimum Gasteiger partial charge on any atom is -0.334 e. The van der Waals surface area contributed by atoms with Crippen molar-refractivity contribution in [1.29, 1.82) is 0 Å². The summed E-state index contributed by atoms with van der Waals surface area (Å²) in [5, 5.41) is 9.42. The Balaban J connectivity index is 1.85. The summed E-state index contributed by atoms with van der Waals surface area (Å²) in [6.07, 6.45) is 5.40. The zero-order chi connectivity index (χ0) is 17.3. The highest BCUT2D eigenvalue weighted by atomic mass is 32.2. The highest BCUT2D eigenvalue weighted by Gasteiger charge is 2.30. The normalized spacial score (nSPS) is 18.1. The molecule has 3 rings (SSSR count). The quantitative estimate of drug-likeness (QED) is 0.896. The number of rotatable bonds is 4. The van der Waals surface area contributed by atoms with Gasteiger partial charge < -0.3 is 4.90 Å². The van der Waals surface area contributed by atoms with E-state index in [1.807, 2.05) is 12.3 Å². The van der Waals surface area contributed by atoms with E-state index in [-0.39, 0.29) is 16.8 Å². The lowest BCUT2D eigenvalue weighted by molar-refractivity contribution is 0.0721. The lowest BCUT2D eigenvalue weighted by atomic mass is 10.1. The summed E-state index contributed by atoms with van der Waals surface area (Å²) in [6, 6.07) is 6.54. The maximum absolute atomic E-state index is 12.8. The van der Waals surface area contributed by atoms with E-state index in [4.69, 9.17) is 5.14 Å². The van der Waals surface area contributed by atoms with Crippen LogP contribution in [-0.2, 0) is 16.6 Å². The number of benzene rings is 1. The van der Waals surface area contributed by atoms with Crippen LogP contribution < -0.4 is 5.14 Å². The van der Waals surface area contributed by atoms with Gasteiger partial charge in [-0.2, -0.15) is 5.10 Å². The number of nitrogens with two attached hydrogens (primary N) is 1. The molecule has 1 aromatic carbocycles. The number of carbonyl (C=O) groups excluding carboxylic acids is 1. The number of primary sulfonamides is 1. The van der Waals surface area contributed by atoms with Crippen LogP contribution in [0.15, 0.2) is 41.6 Å². The largest absolute Gasteiger partial charge is 0.334 e. The zero-order valence-corrected chi connectivity index (χ0v) is 14.2. The molecule has 1 saturated heterocycles. The number of nitrogens with zero attached hydrogens (tertiary/aromatic N) is 3. The van der Waals surface area contributed by atoms with Crippen molar-refractivity contribution >= 4 is 15.9 Å². The second-order valence-corrected chi connectivity index (χ2v) is 7.58. The molecule has 24 heavy (non-hydrogen) atoms. The Morgan fingerprint density at radius 2 is 2.21 bits per heavy atom. The van der Waals surface area contributed by atoms with Crippen LogP contribution in [0.5, 0.6) is 0 Å². The molecule has 7 nitrogen and oxygen atoms in total. The Morgan fingerprint density at radius 3 is 2.88 bits per heavy atom. The lowest BCUT2D eigenvalue weighted by Gasteiger charge is -2.25. The van der Waals surface area contributed by atoms with Crippen LogP contribution in [0.25, 0.3) is 0 Å². The third-order valence-corrected chi connectivity index (χ3v) is 5.39. The van der Waals surface area contributed by atoms with Crippen molar-refractivity contribution in [1.82, 2.24) is 14.7 Å². The standard InChI is InChI=1S/C16H20N4O3S/c1-12-5-6-13(10-15(12)24(17,22)23)16(21)20-9-2-4-14(20)11-19-8-3-7-18-19/h3,5-8,10,14H,2,4,9,11H2,1H3,(H2,17,22,23)/t14-/m1/s1. The van der Waals surface area contributed by atoms with Crippen molar-refractivity contribution in [3.05, 3.63) is 47.8 Å². The van der Waals surface area contributed by atoms with Crippen LogP contribution in [0.1, 0.15) is 28.8 Å². The fourth-order valence-electron chi connectivity index (χ4n) is 3.12. The van der Waals surface area contributed by atoms with Crippen LogP contribution >= 0.6 is 0 Å². The number of amides is 1. The molecule has 2 aromatic rings. The molecule has 128 valence electrons. The summed E-state index contributed by atoms with van der Waals surface area (Å²) in [7, 11) is -3.85. The van der Waals surface area contributed by atoms with Crippen LogP contribution in [0.2, 0.25) is 0 Å². The first-order valence-electron chi connectivity index (χ1n) is 7.78. The molecule has 1 aliphatic rings. The zero-order valence-electron chi connectivity index (χ0n) is 13.4. The van der Waals surface area contributed by atoms with E-state index in [1.165, 1.54) is 6.07 Å². The number of carbonyl (C=O) groups is 1. The number of sulfonamides is 1. The molecular weight excluding hydrogens is 328 g/mol. The van der Waals surface area contributed by atoms with Crippen molar-refractivity contribution in [2.45, 2.75) is 37.2 Å². The Labute approximate surface area is 141 Å². The molecule has 0 saturated carbocycles. The summed E-state index contributed by atoms with van der Waals surface area (Å²) in [6.45, 7) is 2.94. The molecule has 8 heteroatoms. The number of likely N-dealkylation sites (tertiary alicyclic amines) is 1. The van der Waals surface area contributed by atoms with E-state index < -0.39 is 10.0 Å². The number of hydrogen-bond acceptors (Lipinski definition) is 4. The molecule has 2 heterocycles. The topological polar surface area (TPSA) is 98.3 Å². The van der Waals surface area contributed by atoms with Gasteiger partial charge in [0.15, 0.2) is 0 Å². The van der Waals surface area contributed by atoms with E-state index in [0.717, 1.165) is 12.8 Å². The number of aromatic nitrogens is 2. The second kappa shape index (κ2) is 6.37. The third-order valence-electron chi connectivity index (χ3n) is 4.34. The van der Waals surface area contributed by atoms with Gasteiger partial charge in [0.05, 0.1) is 17.5 Å². The van der Waals surface area contributed by atoms with Gasteiger partial charge in [-0.1, -0.05) is 6.07 Å². The van der Waals surface area contributed by atoms with Gasteiger partial charge in [-0.15, -0.1) is 0 Å². The number of hydrogen-bond donors (Lipinski definition) is 1. The fourth-order valence-corrected chi connectivity index (χ4v) is 3.93. The minimum atomic E-state index is -3.85. The van der Waals surface area contributed by atoms with E-state index in [9.17, 15) is 13.2 Å². The second-order valence-electron chi connectivity index (χ2n) is 6.05. The van der Waals surface area contributed by atoms with Crippen molar-refractivity contribution < 1.29 is 13.2 Å². The number of aryl methyl sites for hydroxylation is 1. The Bertz CT molecular complexity index is 846. The molecule has 0 spiro atoms. The third kappa shape index (κ3) is 3.34. The average Bonchev–Trinajstić information content (AvgIpc) is 3.18. The highest BCUT2D eigenvalue weighted by Crippen LogP contribution is 2.23. The monoisotopic (exact) mass is 348 g/mol. The Hall–Kier alpha value is -2.19. The van der Waals surface area contributed by atoms with Gasteiger partial charge in [0.25, 0.3) is 5.91 Å². The molecule has 1 atom stereocenters. The molecule has 0 aliphatic carbocycles. The van der Waals surface area contributed by atoms with E-state index in [2.05, 4.69) is 5.10 Å². The van der Waals surface area contributed by atoms with E-state index in [1.54, 1.807) is 34.8 Å². The maximum Gasteiger partial charge on any atom is 0.254 e.